The first-order valence-electron chi connectivity index (χ1n) is 12.5. The van der Waals surface area contributed by atoms with Crippen molar-refractivity contribution in [2.45, 2.75) is 43.9 Å². The van der Waals surface area contributed by atoms with Crippen LogP contribution in [0.3, 0.4) is 0 Å². The Morgan fingerprint density at radius 3 is 2.35 bits per heavy atom. The van der Waals surface area contributed by atoms with Gasteiger partial charge in [-0.15, -0.1) is 13.2 Å². The SMILES string of the molecule is O=CCN1CCC(c2nc3c(C4CCN(C(=O)c5ccc(OC(F)(F)F)cc5)CC4)ccnc3[nH]2)CC1. The van der Waals surface area contributed by atoms with Crippen LogP contribution in [0.15, 0.2) is 36.5 Å². The van der Waals surface area contributed by atoms with E-state index < -0.39 is 6.36 Å². The quantitative estimate of drug-likeness (QED) is 0.494. The molecule has 196 valence electrons. The standard InChI is InChI=1S/C26H28F3N5O3/c27-26(28,29)37-20-3-1-19(2-4-20)25(36)34-13-8-17(9-14-34)21-5-10-30-24-22(21)31-23(32-24)18-6-11-33(12-7-18)15-16-35/h1-5,10,16-18H,6-9,11-15H2,(H,30,31,32). The Morgan fingerprint density at radius 1 is 1.03 bits per heavy atom. The van der Waals surface area contributed by atoms with E-state index in [2.05, 4.69) is 19.6 Å². The lowest BCUT2D eigenvalue weighted by atomic mass is 9.89. The van der Waals surface area contributed by atoms with Crippen LogP contribution in [-0.4, -0.2) is 76.0 Å². The molecule has 0 bridgehead atoms. The Balaban J connectivity index is 1.23. The van der Waals surface area contributed by atoms with Gasteiger partial charge in [-0.05, 0) is 80.6 Å². The third-order valence-corrected chi connectivity index (χ3v) is 7.30. The number of benzene rings is 1. The molecule has 0 radical (unpaired) electrons. The van der Waals surface area contributed by atoms with Gasteiger partial charge in [0.05, 0.1) is 6.54 Å². The number of carbonyl (C=O) groups excluding carboxylic acids is 2. The topological polar surface area (TPSA) is 91.4 Å². The summed E-state index contributed by atoms with van der Waals surface area (Å²) in [5.41, 5.74) is 3.09. The lowest BCUT2D eigenvalue weighted by Gasteiger charge is -2.32. The minimum Gasteiger partial charge on any atom is -0.406 e. The second kappa shape index (κ2) is 10.5. The van der Waals surface area contributed by atoms with Crippen molar-refractivity contribution in [1.82, 2.24) is 24.8 Å². The van der Waals surface area contributed by atoms with E-state index in [0.717, 1.165) is 79.7 Å². The average Bonchev–Trinajstić information content (AvgIpc) is 3.33. The van der Waals surface area contributed by atoms with Gasteiger partial charge in [0.1, 0.15) is 23.4 Å². The second-order valence-corrected chi connectivity index (χ2v) is 9.60. The maximum atomic E-state index is 12.9. The van der Waals surface area contributed by atoms with Crippen LogP contribution in [0.2, 0.25) is 0 Å². The summed E-state index contributed by atoms with van der Waals surface area (Å²) in [6.45, 7) is 3.29. The molecular formula is C26H28F3N5O3. The van der Waals surface area contributed by atoms with E-state index in [1.807, 2.05) is 6.07 Å². The number of halogens is 3. The van der Waals surface area contributed by atoms with Crippen LogP contribution in [0.5, 0.6) is 5.75 Å². The summed E-state index contributed by atoms with van der Waals surface area (Å²) in [6, 6.07) is 7.03. The van der Waals surface area contributed by atoms with Gasteiger partial charge < -0.3 is 19.4 Å². The fourth-order valence-electron chi connectivity index (χ4n) is 5.34. The summed E-state index contributed by atoms with van der Waals surface area (Å²) in [5, 5.41) is 0. The van der Waals surface area contributed by atoms with Gasteiger partial charge in [-0.1, -0.05) is 0 Å². The van der Waals surface area contributed by atoms with Crippen LogP contribution in [0.4, 0.5) is 13.2 Å². The Bertz CT molecular complexity index is 1240. The Morgan fingerprint density at radius 2 is 1.70 bits per heavy atom. The zero-order valence-corrected chi connectivity index (χ0v) is 20.2. The minimum atomic E-state index is -4.77. The Hall–Kier alpha value is -3.47. The number of pyridine rings is 1. The molecule has 2 aliphatic heterocycles. The predicted molar refractivity (Wildman–Crippen MR) is 129 cm³/mol. The molecular weight excluding hydrogens is 487 g/mol. The number of aromatic amines is 1. The van der Waals surface area contributed by atoms with E-state index in [9.17, 15) is 22.8 Å². The summed E-state index contributed by atoms with van der Waals surface area (Å²) < 4.78 is 41.0. The van der Waals surface area contributed by atoms with Gasteiger partial charge in [0.25, 0.3) is 5.91 Å². The molecule has 1 amide bonds. The molecule has 2 aromatic heterocycles. The van der Waals surface area contributed by atoms with Crippen LogP contribution in [0, 0.1) is 0 Å². The monoisotopic (exact) mass is 515 g/mol. The van der Waals surface area contributed by atoms with E-state index in [1.165, 1.54) is 12.1 Å². The first-order valence-corrected chi connectivity index (χ1v) is 12.5. The Labute approximate surface area is 211 Å². The molecule has 2 saturated heterocycles. The van der Waals surface area contributed by atoms with Crippen LogP contribution in [-0.2, 0) is 4.79 Å². The number of amides is 1. The molecule has 1 aromatic carbocycles. The molecule has 2 aliphatic rings. The lowest BCUT2D eigenvalue weighted by Crippen LogP contribution is -2.38. The molecule has 4 heterocycles. The highest BCUT2D eigenvalue weighted by Crippen LogP contribution is 2.34. The van der Waals surface area contributed by atoms with Gasteiger partial charge in [0.2, 0.25) is 0 Å². The highest BCUT2D eigenvalue weighted by atomic mass is 19.4. The molecule has 1 N–H and O–H groups in total. The van der Waals surface area contributed by atoms with Gasteiger partial charge in [-0.3, -0.25) is 9.69 Å². The molecule has 3 aromatic rings. The third kappa shape index (κ3) is 5.76. The van der Waals surface area contributed by atoms with E-state index in [1.54, 1.807) is 11.1 Å². The molecule has 5 rings (SSSR count). The van der Waals surface area contributed by atoms with Gasteiger partial charge in [-0.25, -0.2) is 9.97 Å². The van der Waals surface area contributed by atoms with Crippen molar-refractivity contribution in [1.29, 1.82) is 0 Å². The number of carbonyl (C=O) groups is 2. The number of rotatable bonds is 6. The normalized spacial score (nSPS) is 18.3. The van der Waals surface area contributed by atoms with Gasteiger partial charge in [-0.2, -0.15) is 0 Å². The van der Waals surface area contributed by atoms with Crippen molar-refractivity contribution >= 4 is 23.4 Å². The zero-order valence-electron chi connectivity index (χ0n) is 20.2. The summed E-state index contributed by atoms with van der Waals surface area (Å²) in [7, 11) is 0. The summed E-state index contributed by atoms with van der Waals surface area (Å²) >= 11 is 0. The fraction of sp³-hybridized carbons (Fsp3) is 0.462. The second-order valence-electron chi connectivity index (χ2n) is 9.60. The number of alkyl halides is 3. The van der Waals surface area contributed by atoms with Crippen LogP contribution < -0.4 is 4.74 Å². The molecule has 0 spiro atoms. The third-order valence-electron chi connectivity index (χ3n) is 7.30. The van der Waals surface area contributed by atoms with Crippen LogP contribution in [0.1, 0.15) is 59.3 Å². The average molecular weight is 516 g/mol. The first kappa shape index (κ1) is 25.2. The van der Waals surface area contributed by atoms with Crippen molar-refractivity contribution in [3.05, 3.63) is 53.5 Å². The number of hydrogen-bond acceptors (Lipinski definition) is 6. The number of ether oxygens (including phenoxy) is 1. The first-order chi connectivity index (χ1) is 17.8. The zero-order chi connectivity index (χ0) is 26.0. The van der Waals surface area contributed by atoms with Crippen molar-refractivity contribution in [3.63, 3.8) is 0 Å². The number of hydrogen-bond donors (Lipinski definition) is 1. The number of aromatic nitrogens is 3. The summed E-state index contributed by atoms with van der Waals surface area (Å²) in [6.07, 6.45) is 1.35. The van der Waals surface area contributed by atoms with Crippen molar-refractivity contribution in [2.24, 2.45) is 0 Å². The number of fused-ring (bicyclic) bond motifs is 1. The molecule has 2 fully saturated rings. The molecule has 0 aliphatic carbocycles. The predicted octanol–water partition coefficient (Wildman–Crippen LogP) is 4.25. The van der Waals surface area contributed by atoms with Crippen molar-refractivity contribution < 1.29 is 27.5 Å². The largest absolute Gasteiger partial charge is 0.573 e. The molecule has 37 heavy (non-hydrogen) atoms. The Kier molecular flexibility index (Phi) is 7.14. The molecule has 11 heteroatoms. The number of nitrogens with zero attached hydrogens (tertiary/aromatic N) is 4. The minimum absolute atomic E-state index is 0.208. The number of aldehydes is 1. The van der Waals surface area contributed by atoms with Gasteiger partial charge in [0, 0.05) is 30.8 Å². The summed E-state index contributed by atoms with van der Waals surface area (Å²) in [5.74, 6) is 0.903. The van der Waals surface area contributed by atoms with E-state index in [0.29, 0.717) is 31.1 Å². The van der Waals surface area contributed by atoms with Crippen LogP contribution in [0.25, 0.3) is 11.2 Å². The van der Waals surface area contributed by atoms with E-state index in [-0.39, 0.29) is 17.6 Å². The number of imidazole rings is 1. The molecule has 0 atom stereocenters. The van der Waals surface area contributed by atoms with Gasteiger partial charge in [0.15, 0.2) is 5.65 Å². The summed E-state index contributed by atoms with van der Waals surface area (Å²) in [4.78, 5) is 40.4. The maximum absolute atomic E-state index is 12.9. The number of likely N-dealkylation sites (tertiary alicyclic amines) is 2. The van der Waals surface area contributed by atoms with E-state index >= 15 is 0 Å². The number of piperidine rings is 2. The van der Waals surface area contributed by atoms with Crippen molar-refractivity contribution in [3.8, 4) is 5.75 Å². The fourth-order valence-corrected chi connectivity index (χ4v) is 5.34. The maximum Gasteiger partial charge on any atom is 0.573 e. The number of nitrogens with one attached hydrogen (secondary N) is 1. The lowest BCUT2D eigenvalue weighted by molar-refractivity contribution is -0.274. The van der Waals surface area contributed by atoms with Crippen LogP contribution >= 0.6 is 0 Å². The van der Waals surface area contributed by atoms with Gasteiger partial charge >= 0.3 is 6.36 Å². The van der Waals surface area contributed by atoms with E-state index in [4.69, 9.17) is 4.98 Å². The smallest absolute Gasteiger partial charge is 0.406 e. The molecule has 8 nitrogen and oxygen atoms in total. The van der Waals surface area contributed by atoms with Crippen molar-refractivity contribution in [2.75, 3.05) is 32.7 Å². The molecule has 0 unspecified atom stereocenters. The number of H-pyrrole nitrogens is 1. The highest BCUT2D eigenvalue weighted by Gasteiger charge is 2.32. The molecule has 0 saturated carbocycles. The highest BCUT2D eigenvalue weighted by molar-refractivity contribution is 5.94.